The Labute approximate surface area is 209 Å². The van der Waals surface area contributed by atoms with E-state index in [2.05, 4.69) is 0 Å². The summed E-state index contributed by atoms with van der Waals surface area (Å²) in [6.45, 7) is 2.04. The maximum Gasteiger partial charge on any atom is 0.321 e. The Kier molecular flexibility index (Phi) is 7.04. The van der Waals surface area contributed by atoms with Crippen molar-refractivity contribution in [2.24, 2.45) is 5.41 Å². The molecule has 0 unspecified atom stereocenters. The van der Waals surface area contributed by atoms with Crippen LogP contribution < -0.4 is 0 Å². The molecule has 9 heteroatoms. The summed E-state index contributed by atoms with van der Waals surface area (Å²) in [4.78, 5) is 37.7. The molecule has 2 aromatic carbocycles. The van der Waals surface area contributed by atoms with E-state index < -0.39 is 27.2 Å². The number of nitrogens with zero attached hydrogens (tertiary/aromatic N) is 1. The first-order valence-electron chi connectivity index (χ1n) is 12.1. The Bertz CT molecular complexity index is 1420. The highest BCUT2D eigenvalue weighted by molar-refractivity contribution is 7.91. The second kappa shape index (κ2) is 9.89. The highest BCUT2D eigenvalue weighted by atomic mass is 32.2. The van der Waals surface area contributed by atoms with E-state index in [4.69, 9.17) is 0 Å². The van der Waals surface area contributed by atoms with Crippen LogP contribution in [-0.2, 0) is 32.3 Å². The van der Waals surface area contributed by atoms with Gasteiger partial charge in [0, 0.05) is 23.1 Å². The van der Waals surface area contributed by atoms with Gasteiger partial charge in [0.25, 0.3) is 5.91 Å². The van der Waals surface area contributed by atoms with Crippen molar-refractivity contribution in [3.05, 3.63) is 65.4 Å². The average molecular weight is 512 g/mol. The molecular formula is C27H29NO7S. The van der Waals surface area contributed by atoms with Crippen molar-refractivity contribution in [2.45, 2.75) is 56.8 Å². The SMILES string of the molecule is CCCCCCS(=O)(=O)c1ccc2c(c1)c1c(n2C(=O)c2ccccc2)CCC(C(=O)O)(C(=O)O)C1. The summed E-state index contributed by atoms with van der Waals surface area (Å²) in [7, 11) is -3.61. The molecule has 0 aliphatic heterocycles. The van der Waals surface area contributed by atoms with Gasteiger partial charge in [-0.05, 0) is 55.2 Å². The minimum atomic E-state index is -3.61. The molecule has 1 aromatic heterocycles. The zero-order valence-electron chi connectivity index (χ0n) is 20.1. The normalized spacial score (nSPS) is 14.9. The van der Waals surface area contributed by atoms with Gasteiger partial charge in [0.2, 0.25) is 0 Å². The Morgan fingerprint density at radius 1 is 0.972 bits per heavy atom. The molecule has 8 nitrogen and oxygen atoms in total. The van der Waals surface area contributed by atoms with Gasteiger partial charge >= 0.3 is 11.9 Å². The molecule has 2 N–H and O–H groups in total. The molecule has 1 aliphatic rings. The minimum absolute atomic E-state index is 0.0153. The van der Waals surface area contributed by atoms with Gasteiger partial charge in [0.15, 0.2) is 15.3 Å². The van der Waals surface area contributed by atoms with Gasteiger partial charge in [-0.3, -0.25) is 19.0 Å². The molecular weight excluding hydrogens is 482 g/mol. The van der Waals surface area contributed by atoms with Crippen LogP contribution >= 0.6 is 0 Å². The van der Waals surface area contributed by atoms with Gasteiger partial charge in [-0.15, -0.1) is 0 Å². The number of unbranched alkanes of at least 4 members (excludes halogenated alkanes) is 3. The van der Waals surface area contributed by atoms with Gasteiger partial charge in [0.05, 0.1) is 16.2 Å². The third-order valence-electron chi connectivity index (χ3n) is 7.09. The van der Waals surface area contributed by atoms with Crippen LogP contribution in [0.3, 0.4) is 0 Å². The fraction of sp³-hybridized carbons (Fsp3) is 0.370. The predicted molar refractivity (Wildman–Crippen MR) is 134 cm³/mol. The first-order chi connectivity index (χ1) is 17.1. The van der Waals surface area contributed by atoms with Crippen molar-refractivity contribution >= 4 is 38.6 Å². The molecule has 4 rings (SSSR count). The molecule has 1 aliphatic carbocycles. The Morgan fingerprint density at radius 3 is 2.31 bits per heavy atom. The van der Waals surface area contributed by atoms with Crippen LogP contribution in [0, 0.1) is 5.41 Å². The summed E-state index contributed by atoms with van der Waals surface area (Å²) >= 11 is 0. The number of rotatable bonds is 9. The van der Waals surface area contributed by atoms with Crippen molar-refractivity contribution in [1.29, 1.82) is 0 Å². The highest BCUT2D eigenvalue weighted by Gasteiger charge is 2.50. The number of hydrogen-bond acceptors (Lipinski definition) is 5. The molecule has 0 saturated heterocycles. The molecule has 1 heterocycles. The molecule has 190 valence electrons. The van der Waals surface area contributed by atoms with Crippen LogP contribution in [0.2, 0.25) is 0 Å². The van der Waals surface area contributed by atoms with E-state index in [-0.39, 0.29) is 35.8 Å². The summed E-state index contributed by atoms with van der Waals surface area (Å²) < 4.78 is 27.6. The van der Waals surface area contributed by atoms with Crippen LogP contribution in [-0.4, -0.2) is 46.8 Å². The number of carboxylic acids is 2. The van der Waals surface area contributed by atoms with Crippen molar-refractivity contribution in [3.63, 3.8) is 0 Å². The van der Waals surface area contributed by atoms with Crippen molar-refractivity contribution in [3.8, 4) is 0 Å². The van der Waals surface area contributed by atoms with E-state index in [1.54, 1.807) is 36.4 Å². The van der Waals surface area contributed by atoms with Crippen LogP contribution in [0.1, 0.15) is 60.6 Å². The standard InChI is InChI=1S/C27H29NO7S/c1-2-3-4-8-15-36(34,35)19-11-12-22-20(16-19)21-17-27(25(30)31,26(32)33)14-13-23(21)28(22)24(29)18-9-6-5-7-10-18/h5-7,9-12,16H,2-4,8,13-15,17H2,1H3,(H,30,31)(H,32,33). The number of carboxylic acid groups (broad SMARTS) is 2. The summed E-state index contributed by atoms with van der Waals surface area (Å²) in [5.74, 6) is -3.25. The van der Waals surface area contributed by atoms with E-state index in [1.165, 1.54) is 16.7 Å². The molecule has 36 heavy (non-hydrogen) atoms. The molecule has 0 saturated carbocycles. The highest BCUT2D eigenvalue weighted by Crippen LogP contribution is 2.42. The van der Waals surface area contributed by atoms with Crippen LogP contribution in [0.4, 0.5) is 0 Å². The van der Waals surface area contributed by atoms with Gasteiger partial charge in [0.1, 0.15) is 0 Å². The van der Waals surface area contributed by atoms with E-state index in [9.17, 15) is 33.0 Å². The van der Waals surface area contributed by atoms with Crippen LogP contribution in [0.5, 0.6) is 0 Å². The third kappa shape index (κ3) is 4.43. The fourth-order valence-electron chi connectivity index (χ4n) is 5.00. The van der Waals surface area contributed by atoms with E-state index >= 15 is 0 Å². The monoisotopic (exact) mass is 511 g/mol. The van der Waals surface area contributed by atoms with E-state index in [0.717, 1.165) is 19.3 Å². The number of hydrogen-bond donors (Lipinski definition) is 2. The maximum atomic E-state index is 13.5. The largest absolute Gasteiger partial charge is 0.480 e. The fourth-order valence-corrected chi connectivity index (χ4v) is 6.39. The quantitative estimate of drug-likeness (QED) is 0.323. The number of sulfone groups is 1. The summed E-state index contributed by atoms with van der Waals surface area (Å²) in [5, 5.41) is 20.0. The Morgan fingerprint density at radius 2 is 1.67 bits per heavy atom. The lowest BCUT2D eigenvalue weighted by atomic mass is 9.72. The first kappa shape index (κ1) is 25.6. The summed E-state index contributed by atoms with van der Waals surface area (Å²) in [5.41, 5.74) is -0.275. The Balaban J connectivity index is 1.88. The predicted octanol–water partition coefficient (Wildman–Crippen LogP) is 4.33. The van der Waals surface area contributed by atoms with Gasteiger partial charge in [-0.25, -0.2) is 8.42 Å². The lowest BCUT2D eigenvalue weighted by molar-refractivity contribution is -0.165. The number of carbonyl (C=O) groups excluding carboxylic acids is 1. The van der Waals surface area contributed by atoms with Crippen LogP contribution in [0.25, 0.3) is 10.9 Å². The molecule has 0 bridgehead atoms. The van der Waals surface area contributed by atoms with Gasteiger partial charge in [-0.2, -0.15) is 0 Å². The number of fused-ring (bicyclic) bond motifs is 3. The number of aliphatic carboxylic acids is 2. The zero-order chi connectivity index (χ0) is 26.1. The minimum Gasteiger partial charge on any atom is -0.480 e. The van der Waals surface area contributed by atoms with Gasteiger partial charge < -0.3 is 10.2 Å². The topological polar surface area (TPSA) is 131 Å². The summed E-state index contributed by atoms with van der Waals surface area (Å²) in [6.07, 6.45) is 2.80. The second-order valence-corrected chi connectivity index (χ2v) is 11.5. The Hall–Kier alpha value is -3.46. The maximum absolute atomic E-state index is 13.5. The zero-order valence-corrected chi connectivity index (χ0v) is 20.9. The molecule has 3 aromatic rings. The van der Waals surface area contributed by atoms with Gasteiger partial charge in [-0.1, -0.05) is 44.4 Å². The number of aromatic nitrogens is 1. The third-order valence-corrected chi connectivity index (χ3v) is 8.89. The molecule has 0 fully saturated rings. The first-order valence-corrected chi connectivity index (χ1v) is 13.7. The van der Waals surface area contributed by atoms with Crippen molar-refractivity contribution in [2.75, 3.05) is 5.75 Å². The van der Waals surface area contributed by atoms with Crippen LogP contribution in [0.15, 0.2) is 53.4 Å². The molecule has 0 atom stereocenters. The lowest BCUT2D eigenvalue weighted by Gasteiger charge is -2.29. The van der Waals surface area contributed by atoms with E-state index in [0.29, 0.717) is 34.1 Å². The smallest absolute Gasteiger partial charge is 0.321 e. The molecule has 0 radical (unpaired) electrons. The summed E-state index contributed by atoms with van der Waals surface area (Å²) in [6, 6.07) is 13.1. The second-order valence-electron chi connectivity index (χ2n) is 9.36. The average Bonchev–Trinajstić information content (AvgIpc) is 3.19. The molecule has 0 amide bonds. The van der Waals surface area contributed by atoms with E-state index in [1.807, 2.05) is 6.92 Å². The number of benzene rings is 2. The number of carbonyl (C=O) groups is 3. The lowest BCUT2D eigenvalue weighted by Crippen LogP contribution is -2.44. The van der Waals surface area contributed by atoms with Crippen molar-refractivity contribution < 1.29 is 33.0 Å². The molecule has 0 spiro atoms. The van der Waals surface area contributed by atoms with Crippen molar-refractivity contribution in [1.82, 2.24) is 4.57 Å².